The van der Waals surface area contributed by atoms with Crippen LogP contribution in [0.2, 0.25) is 0 Å². The molecule has 2 fully saturated rings. The maximum Gasteiger partial charge on any atom is 0.249 e. The maximum absolute atomic E-state index is 13.8. The van der Waals surface area contributed by atoms with E-state index in [2.05, 4.69) is 0 Å². The smallest absolute Gasteiger partial charge is 0.249 e. The second-order valence-corrected chi connectivity index (χ2v) is 6.44. The summed E-state index contributed by atoms with van der Waals surface area (Å²) in [6.07, 6.45) is -0.400. The third kappa shape index (κ3) is 2.68. The van der Waals surface area contributed by atoms with Gasteiger partial charge in [0.15, 0.2) is 0 Å². The van der Waals surface area contributed by atoms with E-state index in [1.54, 1.807) is 0 Å². The van der Waals surface area contributed by atoms with E-state index in [1.165, 1.54) is 18.2 Å². The topological polar surface area (TPSA) is 63.4 Å². The van der Waals surface area contributed by atoms with Crippen molar-refractivity contribution >= 4 is 17.5 Å². The minimum absolute atomic E-state index is 0.0483. The lowest BCUT2D eigenvalue weighted by Crippen LogP contribution is -2.44. The summed E-state index contributed by atoms with van der Waals surface area (Å²) in [5, 5.41) is 0. The number of primary amides is 1. The van der Waals surface area contributed by atoms with E-state index in [0.717, 1.165) is 11.0 Å². The molecule has 0 aromatic heterocycles. The summed E-state index contributed by atoms with van der Waals surface area (Å²) in [7, 11) is 0. The molecule has 2 N–H and O–H groups in total. The van der Waals surface area contributed by atoms with Gasteiger partial charge in [-0.05, 0) is 37.5 Å². The molecule has 1 saturated carbocycles. The van der Waals surface area contributed by atoms with Crippen LogP contribution < -0.4 is 10.6 Å². The second-order valence-electron chi connectivity index (χ2n) is 6.44. The lowest BCUT2D eigenvalue weighted by Gasteiger charge is -2.36. The second kappa shape index (κ2) is 5.25. The van der Waals surface area contributed by atoms with Gasteiger partial charge in [0.25, 0.3) is 0 Å². The molecule has 23 heavy (non-hydrogen) atoms. The third-order valence-corrected chi connectivity index (χ3v) is 4.78. The SMILES string of the molecule is NC(=O)C1CC2(CCCC(F)(F)C2)C(=O)N1c1cccc(F)c1. The van der Waals surface area contributed by atoms with Crippen molar-refractivity contribution in [3.63, 3.8) is 0 Å². The van der Waals surface area contributed by atoms with Crippen molar-refractivity contribution in [3.05, 3.63) is 30.1 Å². The van der Waals surface area contributed by atoms with Crippen LogP contribution in [0, 0.1) is 11.2 Å². The first-order valence-corrected chi connectivity index (χ1v) is 7.51. The minimum atomic E-state index is -2.94. The van der Waals surface area contributed by atoms with E-state index in [-0.39, 0.29) is 31.4 Å². The molecule has 1 spiro atoms. The molecule has 0 radical (unpaired) electrons. The number of rotatable bonds is 2. The zero-order valence-corrected chi connectivity index (χ0v) is 12.4. The highest BCUT2D eigenvalue weighted by atomic mass is 19.3. The Morgan fingerprint density at radius 2 is 2.04 bits per heavy atom. The monoisotopic (exact) mass is 326 g/mol. The first-order chi connectivity index (χ1) is 10.7. The Morgan fingerprint density at radius 1 is 1.30 bits per heavy atom. The summed E-state index contributed by atoms with van der Waals surface area (Å²) < 4.78 is 41.2. The number of hydrogen-bond donors (Lipinski definition) is 1. The van der Waals surface area contributed by atoms with E-state index >= 15 is 0 Å². The standard InChI is InChI=1S/C16H17F3N2O2/c17-10-3-1-4-11(7-10)21-12(13(20)22)8-15(14(21)23)5-2-6-16(18,19)9-15/h1,3-4,7,12H,2,5-6,8-9H2,(H2,20,22). The fourth-order valence-electron chi connectivity index (χ4n) is 3.81. The van der Waals surface area contributed by atoms with E-state index in [1.807, 2.05) is 0 Å². The molecule has 1 aliphatic carbocycles. The zero-order valence-electron chi connectivity index (χ0n) is 12.4. The molecule has 2 unspecified atom stereocenters. The molecule has 124 valence electrons. The molecule has 7 heteroatoms. The molecule has 2 amide bonds. The van der Waals surface area contributed by atoms with Crippen LogP contribution in [0.25, 0.3) is 0 Å². The quantitative estimate of drug-likeness (QED) is 0.908. The van der Waals surface area contributed by atoms with Crippen LogP contribution in [-0.2, 0) is 9.59 Å². The molecule has 1 heterocycles. The summed E-state index contributed by atoms with van der Waals surface area (Å²) in [6, 6.07) is 4.15. The number of carbonyl (C=O) groups excluding carboxylic acids is 2. The third-order valence-electron chi connectivity index (χ3n) is 4.78. The van der Waals surface area contributed by atoms with E-state index in [9.17, 15) is 22.8 Å². The number of alkyl halides is 2. The van der Waals surface area contributed by atoms with Gasteiger partial charge in [-0.15, -0.1) is 0 Å². The van der Waals surface area contributed by atoms with Crippen LogP contribution in [0.3, 0.4) is 0 Å². The summed E-state index contributed by atoms with van der Waals surface area (Å²) in [4.78, 5) is 25.7. The Kier molecular flexibility index (Phi) is 3.61. The molecular weight excluding hydrogens is 309 g/mol. The Balaban J connectivity index is 2.02. The number of anilines is 1. The average Bonchev–Trinajstić information content (AvgIpc) is 2.71. The van der Waals surface area contributed by atoms with Gasteiger partial charge in [-0.25, -0.2) is 13.2 Å². The molecule has 2 aliphatic rings. The van der Waals surface area contributed by atoms with Gasteiger partial charge in [0.2, 0.25) is 17.7 Å². The Bertz CT molecular complexity index is 664. The predicted molar refractivity (Wildman–Crippen MR) is 77.3 cm³/mol. The number of benzene rings is 1. The molecule has 2 atom stereocenters. The van der Waals surface area contributed by atoms with Crippen molar-refractivity contribution in [2.24, 2.45) is 11.1 Å². The number of nitrogens with two attached hydrogens (primary N) is 1. The lowest BCUT2D eigenvalue weighted by atomic mass is 9.70. The number of nitrogens with zero attached hydrogens (tertiary/aromatic N) is 1. The van der Waals surface area contributed by atoms with Crippen LogP contribution >= 0.6 is 0 Å². The highest BCUT2D eigenvalue weighted by molar-refractivity contribution is 6.06. The van der Waals surface area contributed by atoms with Crippen molar-refractivity contribution < 1.29 is 22.8 Å². The van der Waals surface area contributed by atoms with Gasteiger partial charge in [-0.2, -0.15) is 0 Å². The van der Waals surface area contributed by atoms with Crippen molar-refractivity contribution in [1.29, 1.82) is 0 Å². The fraction of sp³-hybridized carbons (Fsp3) is 0.500. The van der Waals surface area contributed by atoms with Gasteiger partial charge in [0.1, 0.15) is 11.9 Å². The summed E-state index contributed by atoms with van der Waals surface area (Å²) in [5.74, 6) is -4.85. The van der Waals surface area contributed by atoms with Gasteiger partial charge in [-0.3, -0.25) is 14.5 Å². The lowest BCUT2D eigenvalue weighted by molar-refractivity contribution is -0.138. The highest BCUT2D eigenvalue weighted by Crippen LogP contribution is 2.52. The average molecular weight is 326 g/mol. The van der Waals surface area contributed by atoms with Crippen molar-refractivity contribution in [2.75, 3.05) is 4.90 Å². The van der Waals surface area contributed by atoms with Crippen LogP contribution in [0.1, 0.15) is 32.1 Å². The Morgan fingerprint density at radius 3 is 2.65 bits per heavy atom. The van der Waals surface area contributed by atoms with Crippen molar-refractivity contribution in [1.82, 2.24) is 0 Å². The van der Waals surface area contributed by atoms with Gasteiger partial charge < -0.3 is 5.73 Å². The predicted octanol–water partition coefficient (Wildman–Crippen LogP) is 2.61. The van der Waals surface area contributed by atoms with Crippen LogP contribution in [0.5, 0.6) is 0 Å². The normalized spacial score (nSPS) is 30.0. The zero-order chi connectivity index (χ0) is 16.8. The van der Waals surface area contributed by atoms with Crippen molar-refractivity contribution in [3.8, 4) is 0 Å². The van der Waals surface area contributed by atoms with Gasteiger partial charge >= 0.3 is 0 Å². The van der Waals surface area contributed by atoms with E-state index in [0.29, 0.717) is 0 Å². The number of hydrogen-bond acceptors (Lipinski definition) is 2. The largest absolute Gasteiger partial charge is 0.368 e. The van der Waals surface area contributed by atoms with Crippen LogP contribution in [-0.4, -0.2) is 23.8 Å². The summed E-state index contributed by atoms with van der Waals surface area (Å²) >= 11 is 0. The first-order valence-electron chi connectivity index (χ1n) is 7.51. The maximum atomic E-state index is 13.8. The van der Waals surface area contributed by atoms with E-state index in [4.69, 9.17) is 5.73 Å². The molecule has 0 bridgehead atoms. The van der Waals surface area contributed by atoms with Crippen LogP contribution in [0.4, 0.5) is 18.9 Å². The summed E-state index contributed by atoms with van der Waals surface area (Å²) in [5.41, 5.74) is 4.24. The summed E-state index contributed by atoms with van der Waals surface area (Å²) in [6.45, 7) is 0. The van der Waals surface area contributed by atoms with Crippen molar-refractivity contribution in [2.45, 2.75) is 44.1 Å². The fourth-order valence-corrected chi connectivity index (χ4v) is 3.81. The Hall–Kier alpha value is -2.05. The number of carbonyl (C=O) groups is 2. The van der Waals surface area contributed by atoms with Gasteiger partial charge in [0.05, 0.1) is 5.41 Å². The molecular formula is C16H17F3N2O2. The van der Waals surface area contributed by atoms with Gasteiger partial charge in [0, 0.05) is 18.5 Å². The number of amides is 2. The molecule has 3 rings (SSSR count). The molecule has 1 aromatic carbocycles. The first kappa shape index (κ1) is 15.8. The Labute approximate surface area is 131 Å². The van der Waals surface area contributed by atoms with E-state index < -0.39 is 41.4 Å². The van der Waals surface area contributed by atoms with Crippen LogP contribution in [0.15, 0.2) is 24.3 Å². The highest BCUT2D eigenvalue weighted by Gasteiger charge is 2.59. The number of halogens is 3. The minimum Gasteiger partial charge on any atom is -0.368 e. The molecule has 1 aliphatic heterocycles. The molecule has 1 aromatic rings. The van der Waals surface area contributed by atoms with Gasteiger partial charge in [-0.1, -0.05) is 6.07 Å². The molecule has 4 nitrogen and oxygen atoms in total. The molecule has 1 saturated heterocycles.